The second kappa shape index (κ2) is 10.6. The van der Waals surface area contributed by atoms with Crippen LogP contribution in [0.4, 0.5) is 17.3 Å². The van der Waals surface area contributed by atoms with E-state index in [2.05, 4.69) is 114 Å². The third-order valence-corrected chi connectivity index (χ3v) is 4.72. The van der Waals surface area contributed by atoms with Crippen LogP contribution in [0.3, 0.4) is 0 Å². The highest BCUT2D eigenvalue weighted by molar-refractivity contribution is 6.50. The highest BCUT2D eigenvalue weighted by Gasteiger charge is 2.21. The Morgan fingerprint density at radius 2 is 0.938 bits per heavy atom. The lowest BCUT2D eigenvalue weighted by Crippen LogP contribution is -2.38. The SMILES string of the molecule is C=CC[n+]1c(-c2ccccc2)cc(-c2ccccc2)cc1-c1ccccc1.F[B-](F)(F)F. The van der Waals surface area contributed by atoms with E-state index in [0.29, 0.717) is 0 Å². The van der Waals surface area contributed by atoms with Gasteiger partial charge in [0.15, 0.2) is 6.54 Å². The Bertz CT molecular complexity index is 1080. The maximum Gasteiger partial charge on any atom is 0.673 e. The van der Waals surface area contributed by atoms with E-state index in [1.165, 1.54) is 33.6 Å². The van der Waals surface area contributed by atoms with Crippen molar-refractivity contribution in [1.82, 2.24) is 0 Å². The van der Waals surface area contributed by atoms with E-state index in [9.17, 15) is 17.3 Å². The number of halogens is 4. The molecule has 0 unspecified atom stereocenters. The van der Waals surface area contributed by atoms with Crippen LogP contribution >= 0.6 is 0 Å². The second-order valence-electron chi connectivity index (χ2n) is 7.01. The fourth-order valence-corrected chi connectivity index (χ4v) is 3.44. The fourth-order valence-electron chi connectivity index (χ4n) is 3.44. The molecule has 3 aromatic carbocycles. The summed E-state index contributed by atoms with van der Waals surface area (Å²) in [4.78, 5) is 0. The molecule has 4 rings (SSSR count). The van der Waals surface area contributed by atoms with Gasteiger partial charge in [0, 0.05) is 23.3 Å². The average molecular weight is 435 g/mol. The summed E-state index contributed by atoms with van der Waals surface area (Å²) in [6, 6.07) is 36.2. The van der Waals surface area contributed by atoms with Gasteiger partial charge in [-0.05, 0) is 41.5 Å². The summed E-state index contributed by atoms with van der Waals surface area (Å²) in [5.74, 6) is 0. The molecule has 0 bridgehead atoms. The average Bonchev–Trinajstić information content (AvgIpc) is 2.80. The van der Waals surface area contributed by atoms with E-state index < -0.39 is 7.25 Å². The molecule has 0 atom stereocenters. The number of rotatable bonds is 5. The van der Waals surface area contributed by atoms with Gasteiger partial charge >= 0.3 is 7.25 Å². The molecule has 0 fully saturated rings. The van der Waals surface area contributed by atoms with Crippen LogP contribution in [0.1, 0.15) is 0 Å². The van der Waals surface area contributed by atoms with Crippen molar-refractivity contribution in [2.24, 2.45) is 0 Å². The largest absolute Gasteiger partial charge is 0.673 e. The normalized spacial score (nSPS) is 10.8. The van der Waals surface area contributed by atoms with Crippen LogP contribution in [0.5, 0.6) is 0 Å². The third-order valence-electron chi connectivity index (χ3n) is 4.72. The van der Waals surface area contributed by atoms with Crippen LogP contribution < -0.4 is 4.57 Å². The van der Waals surface area contributed by atoms with Crippen molar-refractivity contribution in [2.75, 3.05) is 0 Å². The molecular weight excluding hydrogens is 413 g/mol. The minimum Gasteiger partial charge on any atom is -0.418 e. The number of allylic oxidation sites excluding steroid dienone is 1. The molecular formula is C26H22BF4N. The molecule has 4 aromatic rings. The monoisotopic (exact) mass is 435 g/mol. The summed E-state index contributed by atoms with van der Waals surface area (Å²) in [6.07, 6.45) is 1.96. The van der Waals surface area contributed by atoms with Gasteiger partial charge in [-0.1, -0.05) is 73.3 Å². The predicted octanol–water partition coefficient (Wildman–Crippen LogP) is 7.46. The number of hydrogen-bond donors (Lipinski definition) is 0. The van der Waals surface area contributed by atoms with E-state index >= 15 is 0 Å². The lowest BCUT2D eigenvalue weighted by atomic mass is 9.99. The number of pyridine rings is 1. The van der Waals surface area contributed by atoms with Crippen molar-refractivity contribution < 1.29 is 21.8 Å². The highest BCUT2D eigenvalue weighted by atomic mass is 19.5. The standard InChI is InChI=1S/C26H22N.BF4/c1-2-18-27-25(22-14-8-4-9-15-22)19-24(21-12-6-3-7-13-21)20-26(27)23-16-10-5-11-17-23;2-1(3,4)5/h2-17,19-20H,1,18H2;/q+1;-1. The van der Waals surface area contributed by atoms with Gasteiger partial charge in [0.1, 0.15) is 0 Å². The van der Waals surface area contributed by atoms with Gasteiger partial charge < -0.3 is 17.3 Å². The highest BCUT2D eigenvalue weighted by Crippen LogP contribution is 2.29. The number of hydrogen-bond acceptors (Lipinski definition) is 0. The van der Waals surface area contributed by atoms with E-state index in [-0.39, 0.29) is 0 Å². The van der Waals surface area contributed by atoms with E-state index in [4.69, 9.17) is 0 Å². The number of nitrogens with zero attached hydrogens (tertiary/aromatic N) is 1. The van der Waals surface area contributed by atoms with Gasteiger partial charge in [0.2, 0.25) is 11.4 Å². The summed E-state index contributed by atoms with van der Waals surface area (Å²) >= 11 is 0. The summed E-state index contributed by atoms with van der Waals surface area (Å²) in [5, 5.41) is 0. The maximum absolute atomic E-state index is 9.75. The molecule has 1 nitrogen and oxygen atoms in total. The molecule has 0 N–H and O–H groups in total. The Balaban J connectivity index is 0.000000523. The minimum absolute atomic E-state index is 0.753. The van der Waals surface area contributed by atoms with Crippen LogP contribution in [0.2, 0.25) is 0 Å². The van der Waals surface area contributed by atoms with Gasteiger partial charge in [0.25, 0.3) is 0 Å². The van der Waals surface area contributed by atoms with Gasteiger partial charge in [0.05, 0.1) is 0 Å². The van der Waals surface area contributed by atoms with Crippen molar-refractivity contribution in [3.05, 3.63) is 116 Å². The lowest BCUT2D eigenvalue weighted by Gasteiger charge is -2.12. The van der Waals surface area contributed by atoms with Crippen LogP contribution in [-0.2, 0) is 6.54 Å². The molecule has 0 radical (unpaired) electrons. The van der Waals surface area contributed by atoms with Crippen molar-refractivity contribution in [2.45, 2.75) is 6.54 Å². The molecule has 0 saturated heterocycles. The van der Waals surface area contributed by atoms with E-state index in [1.54, 1.807) is 0 Å². The summed E-state index contributed by atoms with van der Waals surface area (Å²) in [5.41, 5.74) is 7.22. The predicted molar refractivity (Wildman–Crippen MR) is 123 cm³/mol. The lowest BCUT2D eigenvalue weighted by molar-refractivity contribution is -0.665. The van der Waals surface area contributed by atoms with Gasteiger partial charge in [-0.3, -0.25) is 0 Å². The third kappa shape index (κ3) is 6.41. The summed E-state index contributed by atoms with van der Waals surface area (Å²) in [6.45, 7) is 4.74. The Hall–Kier alpha value is -3.67. The zero-order valence-corrected chi connectivity index (χ0v) is 17.3. The van der Waals surface area contributed by atoms with Gasteiger partial charge in [-0.15, -0.1) is 0 Å². The molecule has 32 heavy (non-hydrogen) atoms. The fraction of sp³-hybridized carbons (Fsp3) is 0.0385. The second-order valence-corrected chi connectivity index (χ2v) is 7.01. The molecule has 0 spiro atoms. The quantitative estimate of drug-likeness (QED) is 0.133. The molecule has 0 saturated carbocycles. The molecule has 1 aromatic heterocycles. The van der Waals surface area contributed by atoms with Crippen molar-refractivity contribution in [1.29, 1.82) is 0 Å². The van der Waals surface area contributed by atoms with Crippen molar-refractivity contribution >= 4 is 7.25 Å². The zero-order chi connectivity index (χ0) is 23.0. The summed E-state index contributed by atoms with van der Waals surface area (Å²) in [7, 11) is -6.00. The van der Waals surface area contributed by atoms with Crippen LogP contribution in [-0.4, -0.2) is 7.25 Å². The smallest absolute Gasteiger partial charge is 0.418 e. The van der Waals surface area contributed by atoms with Crippen molar-refractivity contribution in [3.8, 4) is 33.6 Å². The first-order valence-corrected chi connectivity index (χ1v) is 10.1. The van der Waals surface area contributed by atoms with Crippen LogP contribution in [0, 0.1) is 0 Å². The van der Waals surface area contributed by atoms with Crippen molar-refractivity contribution in [3.63, 3.8) is 0 Å². The summed E-state index contributed by atoms with van der Waals surface area (Å²) < 4.78 is 41.3. The first-order chi connectivity index (χ1) is 15.4. The molecule has 0 aliphatic rings. The number of benzene rings is 3. The molecule has 162 valence electrons. The molecule has 0 aliphatic carbocycles. The Morgan fingerprint density at radius 1 is 0.594 bits per heavy atom. The van der Waals surface area contributed by atoms with E-state index in [0.717, 1.165) is 6.54 Å². The number of aromatic nitrogens is 1. The molecule has 0 amide bonds. The first kappa shape index (κ1) is 23.0. The van der Waals surface area contributed by atoms with E-state index in [1.807, 2.05) is 6.08 Å². The first-order valence-electron chi connectivity index (χ1n) is 10.1. The van der Waals surface area contributed by atoms with Crippen LogP contribution in [0.25, 0.3) is 33.6 Å². The molecule has 1 heterocycles. The topological polar surface area (TPSA) is 3.88 Å². The Kier molecular flexibility index (Phi) is 7.61. The zero-order valence-electron chi connectivity index (χ0n) is 17.3. The molecule has 0 aliphatic heterocycles. The van der Waals surface area contributed by atoms with Gasteiger partial charge in [-0.2, -0.15) is 4.57 Å². The van der Waals surface area contributed by atoms with Gasteiger partial charge in [-0.25, -0.2) is 0 Å². The minimum atomic E-state index is -6.00. The molecule has 6 heteroatoms. The Labute approximate surface area is 185 Å². The maximum atomic E-state index is 9.75. The van der Waals surface area contributed by atoms with Crippen LogP contribution in [0.15, 0.2) is 116 Å². The Morgan fingerprint density at radius 3 is 1.28 bits per heavy atom.